The number of nitrogens with one attached hydrogen (secondary N) is 1. The van der Waals surface area contributed by atoms with Crippen molar-refractivity contribution in [2.75, 3.05) is 20.8 Å². The molecule has 0 radical (unpaired) electrons. The van der Waals surface area contributed by atoms with Gasteiger partial charge in [0.15, 0.2) is 23.9 Å². The number of amides is 1. The van der Waals surface area contributed by atoms with Gasteiger partial charge in [0, 0.05) is 6.07 Å². The zero-order valence-corrected chi connectivity index (χ0v) is 18.8. The molecule has 0 aliphatic rings. The van der Waals surface area contributed by atoms with Crippen LogP contribution in [0.5, 0.6) is 23.0 Å². The molecule has 1 N–H and O–H groups in total. The van der Waals surface area contributed by atoms with Crippen molar-refractivity contribution in [2.45, 2.75) is 0 Å². The molecule has 35 heavy (non-hydrogen) atoms. The number of carbonyl (C=O) groups excluding carboxylic acids is 2. The van der Waals surface area contributed by atoms with Crippen LogP contribution in [-0.4, -0.2) is 43.8 Å². The van der Waals surface area contributed by atoms with Gasteiger partial charge in [-0.1, -0.05) is 12.1 Å². The Balaban J connectivity index is 1.57. The van der Waals surface area contributed by atoms with E-state index in [9.17, 15) is 19.7 Å². The molecule has 11 heteroatoms. The Bertz CT molecular complexity index is 1240. The first-order valence-electron chi connectivity index (χ1n) is 10.1. The van der Waals surface area contributed by atoms with Crippen LogP contribution in [0.25, 0.3) is 0 Å². The number of hydrogen-bond acceptors (Lipinski definition) is 9. The Morgan fingerprint density at radius 2 is 1.71 bits per heavy atom. The van der Waals surface area contributed by atoms with Gasteiger partial charge >= 0.3 is 11.7 Å². The summed E-state index contributed by atoms with van der Waals surface area (Å²) in [5.41, 5.74) is 2.90. The number of nitrogens with zero attached hydrogens (tertiary/aromatic N) is 2. The van der Waals surface area contributed by atoms with Crippen molar-refractivity contribution in [3.8, 4) is 23.0 Å². The number of rotatable bonds is 10. The Labute approximate surface area is 200 Å². The molecule has 0 bridgehead atoms. The fourth-order valence-corrected chi connectivity index (χ4v) is 2.82. The topological polar surface area (TPSA) is 139 Å². The number of methoxy groups -OCH3 is 2. The number of benzene rings is 3. The number of carbonyl (C=O) groups is 2. The number of nitro benzene ring substituents is 1. The van der Waals surface area contributed by atoms with Gasteiger partial charge < -0.3 is 18.9 Å². The van der Waals surface area contributed by atoms with Crippen molar-refractivity contribution in [2.24, 2.45) is 5.10 Å². The first-order valence-corrected chi connectivity index (χ1v) is 10.1. The van der Waals surface area contributed by atoms with Gasteiger partial charge in [-0.15, -0.1) is 0 Å². The molecule has 0 atom stereocenters. The third kappa shape index (κ3) is 6.78. The molecule has 0 saturated carbocycles. The van der Waals surface area contributed by atoms with E-state index < -0.39 is 23.4 Å². The summed E-state index contributed by atoms with van der Waals surface area (Å²) in [6.07, 6.45) is 1.35. The fourth-order valence-electron chi connectivity index (χ4n) is 2.82. The lowest BCUT2D eigenvalue weighted by Gasteiger charge is -2.10. The molecule has 0 unspecified atom stereocenters. The van der Waals surface area contributed by atoms with E-state index in [1.54, 1.807) is 42.5 Å². The smallest absolute Gasteiger partial charge is 0.343 e. The van der Waals surface area contributed by atoms with Gasteiger partial charge in [0.25, 0.3) is 5.91 Å². The van der Waals surface area contributed by atoms with Crippen molar-refractivity contribution in [1.82, 2.24) is 5.43 Å². The van der Waals surface area contributed by atoms with Gasteiger partial charge in [0.05, 0.1) is 30.9 Å². The lowest BCUT2D eigenvalue weighted by Crippen LogP contribution is -2.24. The predicted octanol–water partition coefficient (Wildman–Crippen LogP) is 3.36. The SMILES string of the molecule is COc1ccc(C(=O)Oc2ccc(/C=N\NC(=O)COc3ccccc3[N+](=O)[O-])cc2OC)cc1. The second-order valence-corrected chi connectivity index (χ2v) is 6.84. The van der Waals surface area contributed by atoms with Crippen LogP contribution >= 0.6 is 0 Å². The number of para-hydroxylation sites is 2. The first-order chi connectivity index (χ1) is 16.9. The maximum absolute atomic E-state index is 12.4. The minimum absolute atomic E-state index is 0.0267. The summed E-state index contributed by atoms with van der Waals surface area (Å²) in [5.74, 6) is -0.118. The van der Waals surface area contributed by atoms with Gasteiger partial charge in [-0.05, 0) is 54.1 Å². The van der Waals surface area contributed by atoms with Crippen LogP contribution in [0.3, 0.4) is 0 Å². The van der Waals surface area contributed by atoms with E-state index >= 15 is 0 Å². The summed E-state index contributed by atoms with van der Waals surface area (Å²) in [6, 6.07) is 16.9. The second kappa shape index (κ2) is 11.8. The van der Waals surface area contributed by atoms with Gasteiger partial charge in [0.2, 0.25) is 0 Å². The molecule has 0 aliphatic heterocycles. The quantitative estimate of drug-likeness (QED) is 0.154. The Morgan fingerprint density at radius 1 is 0.971 bits per heavy atom. The number of nitro groups is 1. The van der Waals surface area contributed by atoms with Crippen LogP contribution < -0.4 is 24.4 Å². The minimum atomic E-state index is -0.614. The van der Waals surface area contributed by atoms with E-state index in [2.05, 4.69) is 10.5 Å². The van der Waals surface area contributed by atoms with E-state index in [4.69, 9.17) is 18.9 Å². The maximum atomic E-state index is 12.4. The van der Waals surface area contributed by atoms with Crippen molar-refractivity contribution in [3.05, 3.63) is 88.0 Å². The zero-order valence-electron chi connectivity index (χ0n) is 18.8. The highest BCUT2D eigenvalue weighted by Gasteiger charge is 2.15. The molecule has 0 spiro atoms. The fraction of sp³-hybridized carbons (Fsp3) is 0.125. The summed E-state index contributed by atoms with van der Waals surface area (Å²) in [4.78, 5) is 34.7. The zero-order chi connectivity index (χ0) is 25.2. The molecule has 11 nitrogen and oxygen atoms in total. The lowest BCUT2D eigenvalue weighted by molar-refractivity contribution is -0.385. The first kappa shape index (κ1) is 24.7. The summed E-state index contributed by atoms with van der Waals surface area (Å²) >= 11 is 0. The molecule has 0 fully saturated rings. The third-order valence-corrected chi connectivity index (χ3v) is 4.54. The third-order valence-electron chi connectivity index (χ3n) is 4.54. The summed E-state index contributed by atoms with van der Waals surface area (Å²) < 4.78 is 21.0. The van der Waals surface area contributed by atoms with E-state index in [-0.39, 0.29) is 22.9 Å². The lowest BCUT2D eigenvalue weighted by atomic mass is 10.2. The number of ether oxygens (including phenoxy) is 4. The minimum Gasteiger partial charge on any atom is -0.497 e. The molecule has 3 rings (SSSR count). The van der Waals surface area contributed by atoms with Crippen LogP contribution in [0.1, 0.15) is 15.9 Å². The molecule has 180 valence electrons. The van der Waals surface area contributed by atoms with E-state index in [0.29, 0.717) is 16.9 Å². The van der Waals surface area contributed by atoms with Crippen LogP contribution in [-0.2, 0) is 4.79 Å². The Hall–Kier alpha value is -4.93. The summed E-state index contributed by atoms with van der Waals surface area (Å²) in [7, 11) is 2.95. The van der Waals surface area contributed by atoms with Crippen LogP contribution in [0, 0.1) is 10.1 Å². The average molecular weight is 479 g/mol. The van der Waals surface area contributed by atoms with Crippen molar-refractivity contribution >= 4 is 23.8 Å². The van der Waals surface area contributed by atoms with Crippen molar-refractivity contribution in [3.63, 3.8) is 0 Å². The predicted molar refractivity (Wildman–Crippen MR) is 125 cm³/mol. The highest BCUT2D eigenvalue weighted by atomic mass is 16.6. The van der Waals surface area contributed by atoms with Gasteiger partial charge in [-0.2, -0.15) is 5.10 Å². The molecule has 0 aliphatic carbocycles. The van der Waals surface area contributed by atoms with Crippen LogP contribution in [0.4, 0.5) is 5.69 Å². The molecule has 0 aromatic heterocycles. The monoisotopic (exact) mass is 479 g/mol. The number of hydrogen-bond donors (Lipinski definition) is 1. The second-order valence-electron chi connectivity index (χ2n) is 6.84. The molecule has 1 amide bonds. The standard InChI is InChI=1S/C24H21N3O8/c1-32-18-10-8-17(9-11-18)24(29)35-21-12-7-16(13-22(21)33-2)14-25-26-23(28)15-34-20-6-4-3-5-19(20)27(30)31/h3-14H,15H2,1-2H3,(H,26,28)/b25-14-. The maximum Gasteiger partial charge on any atom is 0.343 e. The molecule has 0 heterocycles. The average Bonchev–Trinajstić information content (AvgIpc) is 2.88. The van der Waals surface area contributed by atoms with Gasteiger partial charge in [-0.25, -0.2) is 10.2 Å². The van der Waals surface area contributed by atoms with E-state index in [1.165, 1.54) is 44.7 Å². The molecule has 0 saturated heterocycles. The van der Waals surface area contributed by atoms with Crippen LogP contribution in [0.15, 0.2) is 71.8 Å². The normalized spacial score (nSPS) is 10.5. The Morgan fingerprint density at radius 3 is 2.40 bits per heavy atom. The number of hydrazone groups is 1. The Kier molecular flexibility index (Phi) is 8.33. The largest absolute Gasteiger partial charge is 0.497 e. The van der Waals surface area contributed by atoms with Crippen molar-refractivity contribution in [1.29, 1.82) is 0 Å². The van der Waals surface area contributed by atoms with E-state index in [1.807, 2.05) is 0 Å². The van der Waals surface area contributed by atoms with Gasteiger partial charge in [-0.3, -0.25) is 14.9 Å². The summed E-state index contributed by atoms with van der Waals surface area (Å²) in [5, 5.41) is 14.8. The molecular formula is C24H21N3O8. The van der Waals surface area contributed by atoms with E-state index in [0.717, 1.165) is 0 Å². The molecular weight excluding hydrogens is 458 g/mol. The summed E-state index contributed by atoms with van der Waals surface area (Å²) in [6.45, 7) is -0.467. The van der Waals surface area contributed by atoms with Crippen LogP contribution in [0.2, 0.25) is 0 Å². The highest BCUT2D eigenvalue weighted by Crippen LogP contribution is 2.29. The number of esters is 1. The highest BCUT2D eigenvalue weighted by molar-refractivity contribution is 5.92. The van der Waals surface area contributed by atoms with Crippen molar-refractivity contribution < 1.29 is 33.5 Å². The molecule has 3 aromatic carbocycles. The van der Waals surface area contributed by atoms with Gasteiger partial charge in [0.1, 0.15) is 5.75 Å². The molecule has 3 aromatic rings.